The summed E-state index contributed by atoms with van der Waals surface area (Å²) in [5, 5.41) is 5.48. The van der Waals surface area contributed by atoms with E-state index in [9.17, 15) is 4.39 Å². The molecule has 0 fully saturated rings. The van der Waals surface area contributed by atoms with Crippen LogP contribution < -0.4 is 4.74 Å². The minimum Gasteiger partial charge on any atom is -0.487 e. The van der Waals surface area contributed by atoms with E-state index < -0.39 is 0 Å². The predicted octanol–water partition coefficient (Wildman–Crippen LogP) is 4.05. The van der Waals surface area contributed by atoms with Crippen LogP contribution >= 0.6 is 15.9 Å². The molecule has 0 aliphatic carbocycles. The summed E-state index contributed by atoms with van der Waals surface area (Å²) >= 11 is 3.24. The molecule has 0 bridgehead atoms. The van der Waals surface area contributed by atoms with E-state index in [0.717, 1.165) is 16.6 Å². The van der Waals surface area contributed by atoms with Gasteiger partial charge in [0.15, 0.2) is 0 Å². The second-order valence-electron chi connectivity index (χ2n) is 4.48. The van der Waals surface area contributed by atoms with Crippen LogP contribution in [0.3, 0.4) is 0 Å². The fraction of sp³-hybridized carbons (Fsp3) is 0.133. The molecule has 0 N–H and O–H groups in total. The Labute approximate surface area is 124 Å². The third-order valence-corrected chi connectivity index (χ3v) is 3.50. The molecule has 0 radical (unpaired) electrons. The minimum atomic E-state index is -0.333. The molecule has 5 heteroatoms. The molecule has 20 heavy (non-hydrogen) atoms. The van der Waals surface area contributed by atoms with Crippen molar-refractivity contribution in [2.75, 3.05) is 0 Å². The quantitative estimate of drug-likeness (QED) is 0.722. The lowest BCUT2D eigenvalue weighted by molar-refractivity contribution is 0.299. The van der Waals surface area contributed by atoms with E-state index in [1.807, 2.05) is 36.0 Å². The van der Waals surface area contributed by atoms with E-state index in [1.165, 1.54) is 12.1 Å². The average Bonchev–Trinajstić information content (AvgIpc) is 2.73. The third-order valence-electron chi connectivity index (χ3n) is 3.05. The zero-order valence-electron chi connectivity index (χ0n) is 10.8. The number of benzene rings is 2. The zero-order valence-corrected chi connectivity index (χ0v) is 12.4. The Kier molecular flexibility index (Phi) is 3.44. The van der Waals surface area contributed by atoms with Crippen molar-refractivity contribution in [3.05, 3.63) is 58.4 Å². The van der Waals surface area contributed by atoms with Crippen LogP contribution in [0.2, 0.25) is 0 Å². The summed E-state index contributed by atoms with van der Waals surface area (Å²) in [4.78, 5) is 0. The summed E-state index contributed by atoms with van der Waals surface area (Å²) < 4.78 is 21.4. The number of hydrogen-bond acceptors (Lipinski definition) is 2. The first-order valence-electron chi connectivity index (χ1n) is 6.13. The number of halogens is 2. The summed E-state index contributed by atoms with van der Waals surface area (Å²) in [7, 11) is 1.89. The fourth-order valence-corrected chi connectivity index (χ4v) is 2.60. The van der Waals surface area contributed by atoms with Gasteiger partial charge in [-0.3, -0.25) is 4.68 Å². The van der Waals surface area contributed by atoms with E-state index in [4.69, 9.17) is 4.74 Å². The summed E-state index contributed by atoms with van der Waals surface area (Å²) in [5.41, 5.74) is 1.88. The van der Waals surface area contributed by atoms with Crippen LogP contribution in [-0.2, 0) is 13.7 Å². The van der Waals surface area contributed by atoms with Crippen molar-refractivity contribution < 1.29 is 9.13 Å². The predicted molar refractivity (Wildman–Crippen MR) is 79.1 cm³/mol. The number of hydrogen-bond donors (Lipinski definition) is 0. The molecule has 0 saturated heterocycles. The second kappa shape index (κ2) is 5.25. The van der Waals surface area contributed by atoms with E-state index in [0.29, 0.717) is 16.8 Å². The SMILES string of the molecule is Cn1nc(COc2cc(F)cc(Br)c2)c2ccccc21. The van der Waals surface area contributed by atoms with Crippen molar-refractivity contribution in [1.82, 2.24) is 9.78 Å². The van der Waals surface area contributed by atoms with Crippen molar-refractivity contribution in [1.29, 1.82) is 0 Å². The molecule has 2 aromatic carbocycles. The Hall–Kier alpha value is -1.88. The number of ether oxygens (including phenoxy) is 1. The Morgan fingerprint density at radius 3 is 2.85 bits per heavy atom. The first-order chi connectivity index (χ1) is 9.63. The Bertz CT molecular complexity index is 749. The topological polar surface area (TPSA) is 27.1 Å². The second-order valence-corrected chi connectivity index (χ2v) is 5.40. The molecule has 0 atom stereocenters. The van der Waals surface area contributed by atoms with Crippen molar-refractivity contribution in [2.45, 2.75) is 6.61 Å². The normalized spacial score (nSPS) is 10.9. The van der Waals surface area contributed by atoms with Crippen LogP contribution in [-0.4, -0.2) is 9.78 Å². The van der Waals surface area contributed by atoms with Crippen molar-refractivity contribution in [3.8, 4) is 5.75 Å². The van der Waals surface area contributed by atoms with Crippen LogP contribution in [0, 0.1) is 5.82 Å². The number of aryl methyl sites for hydroxylation is 1. The lowest BCUT2D eigenvalue weighted by atomic mass is 10.2. The number of rotatable bonds is 3. The van der Waals surface area contributed by atoms with Crippen LogP contribution in [0.5, 0.6) is 5.75 Å². The highest BCUT2D eigenvalue weighted by atomic mass is 79.9. The van der Waals surface area contributed by atoms with Crippen molar-refractivity contribution in [2.24, 2.45) is 7.05 Å². The van der Waals surface area contributed by atoms with Gasteiger partial charge in [-0.2, -0.15) is 5.10 Å². The van der Waals surface area contributed by atoms with Gasteiger partial charge in [0, 0.05) is 23.0 Å². The molecule has 0 aliphatic heterocycles. The summed E-state index contributed by atoms with van der Waals surface area (Å²) in [6.07, 6.45) is 0. The molecule has 0 amide bonds. The molecular weight excluding hydrogens is 323 g/mol. The molecule has 3 nitrogen and oxygen atoms in total. The number of fused-ring (bicyclic) bond motifs is 1. The summed E-state index contributed by atoms with van der Waals surface area (Å²) in [5.74, 6) is 0.145. The van der Waals surface area contributed by atoms with E-state index in [2.05, 4.69) is 21.0 Å². The molecule has 0 unspecified atom stereocenters. The minimum absolute atomic E-state index is 0.303. The number of para-hydroxylation sites is 1. The fourth-order valence-electron chi connectivity index (χ4n) is 2.16. The standard InChI is InChI=1S/C15H12BrFN2O/c1-19-15-5-3-2-4-13(15)14(18-19)9-20-12-7-10(16)6-11(17)8-12/h2-8H,9H2,1H3. The van der Waals surface area contributed by atoms with Gasteiger partial charge < -0.3 is 4.74 Å². The summed E-state index contributed by atoms with van der Waals surface area (Å²) in [6.45, 7) is 0.303. The van der Waals surface area contributed by atoms with Crippen molar-refractivity contribution in [3.63, 3.8) is 0 Å². The largest absolute Gasteiger partial charge is 0.487 e. The smallest absolute Gasteiger partial charge is 0.133 e. The Balaban J connectivity index is 1.87. The molecule has 3 aromatic rings. The Morgan fingerprint density at radius 1 is 1.25 bits per heavy atom. The average molecular weight is 335 g/mol. The monoisotopic (exact) mass is 334 g/mol. The van der Waals surface area contributed by atoms with Gasteiger partial charge in [0.2, 0.25) is 0 Å². The molecule has 0 aliphatic rings. The maximum absolute atomic E-state index is 13.3. The molecule has 0 spiro atoms. The molecule has 102 valence electrons. The van der Waals surface area contributed by atoms with Crippen LogP contribution in [0.1, 0.15) is 5.69 Å². The maximum atomic E-state index is 13.3. The molecular formula is C15H12BrFN2O. The summed E-state index contributed by atoms with van der Waals surface area (Å²) in [6, 6.07) is 12.4. The highest BCUT2D eigenvalue weighted by Gasteiger charge is 2.09. The van der Waals surface area contributed by atoms with Gasteiger partial charge in [0.25, 0.3) is 0 Å². The van der Waals surface area contributed by atoms with E-state index in [-0.39, 0.29) is 5.82 Å². The molecule has 1 aromatic heterocycles. The highest BCUT2D eigenvalue weighted by molar-refractivity contribution is 9.10. The van der Waals surface area contributed by atoms with Crippen molar-refractivity contribution >= 4 is 26.8 Å². The number of aromatic nitrogens is 2. The van der Waals surface area contributed by atoms with Gasteiger partial charge in [-0.15, -0.1) is 0 Å². The zero-order chi connectivity index (χ0) is 14.1. The Morgan fingerprint density at radius 2 is 2.05 bits per heavy atom. The first kappa shape index (κ1) is 13.1. The van der Waals surface area contributed by atoms with Gasteiger partial charge in [-0.25, -0.2) is 4.39 Å². The lowest BCUT2D eigenvalue weighted by Gasteiger charge is -2.05. The van der Waals surface area contributed by atoms with Crippen LogP contribution in [0.25, 0.3) is 10.9 Å². The van der Waals surface area contributed by atoms with E-state index >= 15 is 0 Å². The van der Waals surface area contributed by atoms with Gasteiger partial charge in [-0.1, -0.05) is 34.1 Å². The van der Waals surface area contributed by atoms with Gasteiger partial charge >= 0.3 is 0 Å². The third kappa shape index (κ3) is 2.54. The van der Waals surface area contributed by atoms with Gasteiger partial charge in [0.05, 0.1) is 5.52 Å². The number of nitrogens with zero attached hydrogens (tertiary/aromatic N) is 2. The first-order valence-corrected chi connectivity index (χ1v) is 6.92. The molecule has 1 heterocycles. The maximum Gasteiger partial charge on any atom is 0.133 e. The van der Waals surface area contributed by atoms with Crippen LogP contribution in [0.4, 0.5) is 4.39 Å². The molecule has 3 rings (SSSR count). The van der Waals surface area contributed by atoms with Gasteiger partial charge in [0.1, 0.15) is 23.9 Å². The van der Waals surface area contributed by atoms with E-state index in [1.54, 1.807) is 6.07 Å². The molecule has 0 saturated carbocycles. The van der Waals surface area contributed by atoms with Crippen LogP contribution in [0.15, 0.2) is 46.9 Å². The highest BCUT2D eigenvalue weighted by Crippen LogP contribution is 2.23. The van der Waals surface area contributed by atoms with Gasteiger partial charge in [-0.05, 0) is 18.2 Å². The lowest BCUT2D eigenvalue weighted by Crippen LogP contribution is -1.98.